The van der Waals surface area contributed by atoms with Gasteiger partial charge in [-0.3, -0.25) is 28.8 Å². The second-order valence-electron chi connectivity index (χ2n) is 26.3. The lowest BCUT2D eigenvalue weighted by Gasteiger charge is -2.32. The fourth-order valence-electron chi connectivity index (χ4n) is 9.87. The molecule has 0 fully saturated rings. The van der Waals surface area contributed by atoms with Crippen LogP contribution in [0.3, 0.4) is 0 Å². The molecular weight excluding hydrogens is 1190 g/mol. The van der Waals surface area contributed by atoms with Crippen molar-refractivity contribution < 1.29 is 66.8 Å². The number of carbonyl (C=O) groups is 8. The average Bonchev–Trinajstić information content (AvgIpc) is 0.910. The molecule has 0 aliphatic carbocycles. The maximum atomic E-state index is 15.4. The Balaban J connectivity index is 1.59. The van der Waals surface area contributed by atoms with Crippen LogP contribution >= 0.6 is 11.6 Å². The fraction of sp³-hybridized carbons (Fsp3) is 0.591. The van der Waals surface area contributed by atoms with Crippen molar-refractivity contribution >= 4 is 66.8 Å². The third-order valence-corrected chi connectivity index (χ3v) is 16.7. The molecule has 0 radical (unpaired) electrons. The number of likely N-dealkylation sites (N-methyl/N-ethyl adjacent to an activating group) is 1. The average molecular weight is 1290 g/mol. The number of nitrogens with one attached hydrogen (secondary N) is 3. The number of ether oxygens (including phenoxy) is 6. The Labute approximate surface area is 536 Å². The Hall–Kier alpha value is -7.24. The van der Waals surface area contributed by atoms with E-state index >= 15 is 9.59 Å². The molecule has 3 N–H and O–H groups in total. The molecule has 494 valence electrons. The Morgan fingerprint density at radius 3 is 2.08 bits per heavy atom. The van der Waals surface area contributed by atoms with Crippen LogP contribution in [0, 0.1) is 17.8 Å². The summed E-state index contributed by atoms with van der Waals surface area (Å²) < 4.78 is 36.8. The van der Waals surface area contributed by atoms with Crippen LogP contribution in [0.4, 0.5) is 9.59 Å². The summed E-state index contributed by atoms with van der Waals surface area (Å²) >= 11 is 6.76. The number of amides is 4. The van der Waals surface area contributed by atoms with Crippen LogP contribution in [0.25, 0.3) is 11.1 Å². The van der Waals surface area contributed by atoms with Gasteiger partial charge in [-0.1, -0.05) is 90.3 Å². The molecule has 0 spiro atoms. The standard InChI is InChI=1S/C66H95ClN8O14Si/c1-15-17-18-19-30-85-47-22-23-48(51(67)40-47)53(76)39-46(26-27-68-63(82)88-65(5,6)7)62(81)74(11)58-45-21-25-57(86-29-16-2)50(38-45)49-36-44(20-24-56(49)87-31-28-69-64(83)89-66(8,9)10)37-52(70-61(80)43(4)35-55(58)78)54(77)34-42(3)59(79)60-71-72-73-75(60)41-84-32-33-90(12,13)14/h20-25,36,38,40,42-43,46,52,58H,15-19,26-35,37,39,41H2,1-14H3,(H,68,82)(H,69,83)(H,70,80)/t42-,43-,46-,52+,58+/m1/s1. The Morgan fingerprint density at radius 2 is 1.43 bits per heavy atom. The smallest absolute Gasteiger partial charge is 0.407 e. The number of ketones is 4. The number of nitrogens with zero attached hydrogens (tertiary/aromatic N) is 5. The number of fused-ring (bicyclic) bond motifs is 5. The lowest BCUT2D eigenvalue weighted by Crippen LogP contribution is -2.46. The second kappa shape index (κ2) is 34.3. The number of aromatic nitrogens is 4. The molecule has 24 heteroatoms. The molecule has 0 unspecified atom stereocenters. The van der Waals surface area contributed by atoms with Gasteiger partial charge < -0.3 is 49.3 Å². The Morgan fingerprint density at radius 1 is 0.778 bits per heavy atom. The highest BCUT2D eigenvalue weighted by atomic mass is 35.5. The van der Waals surface area contributed by atoms with Gasteiger partial charge in [0.15, 0.2) is 17.3 Å². The van der Waals surface area contributed by atoms with Crippen molar-refractivity contribution in [1.29, 1.82) is 0 Å². The van der Waals surface area contributed by atoms with Crippen LogP contribution < -0.4 is 30.2 Å². The minimum Gasteiger partial charge on any atom is -0.494 e. The van der Waals surface area contributed by atoms with Gasteiger partial charge in [-0.05, 0) is 137 Å². The zero-order valence-corrected chi connectivity index (χ0v) is 56.9. The van der Waals surface area contributed by atoms with Gasteiger partial charge in [0.05, 0.1) is 30.8 Å². The largest absolute Gasteiger partial charge is 0.494 e. The van der Waals surface area contributed by atoms with E-state index in [2.05, 4.69) is 58.0 Å². The first kappa shape index (κ1) is 73.5. The van der Waals surface area contributed by atoms with Crippen LogP contribution in [-0.4, -0.2) is 144 Å². The van der Waals surface area contributed by atoms with E-state index in [9.17, 15) is 28.8 Å². The van der Waals surface area contributed by atoms with Gasteiger partial charge >= 0.3 is 12.2 Å². The van der Waals surface area contributed by atoms with Crippen molar-refractivity contribution in [2.75, 3.05) is 46.6 Å². The topological polar surface area (TPSA) is 275 Å². The van der Waals surface area contributed by atoms with Crippen LogP contribution in [0.15, 0.2) is 54.6 Å². The van der Waals surface area contributed by atoms with Crippen molar-refractivity contribution in [2.45, 2.75) is 189 Å². The SMILES string of the molecule is CCCCCCOc1ccc(C(=O)C[C@@H](CCNC(=O)OC(C)(C)C)C(=O)N(C)[C@@H]2C(=O)C[C@@H](C)C(=O)N[C@H](C(=O)C[C@@H](C)C(=O)c3nnnn3COCC[Si](C)(C)C)Cc3ccc(OCCNC(=O)OC(C)(C)C)c(c3)-c3cc2ccc3OCCC)c(Cl)c1. The highest BCUT2D eigenvalue weighted by molar-refractivity contribution is 6.76. The minimum absolute atomic E-state index is 0.0330. The molecule has 4 amide bonds. The fourth-order valence-corrected chi connectivity index (χ4v) is 10.9. The molecular formula is C66H95ClN8O14Si. The van der Waals surface area contributed by atoms with Crippen LogP contribution in [0.2, 0.25) is 30.7 Å². The van der Waals surface area contributed by atoms with E-state index in [4.69, 9.17) is 40.0 Å². The molecule has 4 bridgehead atoms. The maximum absolute atomic E-state index is 15.4. The molecule has 5 rings (SSSR count). The molecule has 0 saturated carbocycles. The van der Waals surface area contributed by atoms with E-state index in [1.165, 1.54) is 16.6 Å². The summed E-state index contributed by atoms with van der Waals surface area (Å²) in [7, 11) is 0.0281. The first-order valence-electron chi connectivity index (χ1n) is 31.3. The number of hydrogen-bond donors (Lipinski definition) is 3. The van der Waals surface area contributed by atoms with Crippen molar-refractivity contribution in [3.05, 3.63) is 82.1 Å². The van der Waals surface area contributed by atoms with E-state index in [0.717, 1.165) is 31.7 Å². The molecule has 3 aromatic carbocycles. The van der Waals surface area contributed by atoms with E-state index in [1.54, 1.807) is 110 Å². The van der Waals surface area contributed by atoms with Crippen molar-refractivity contribution in [3.8, 4) is 28.4 Å². The molecule has 22 nitrogen and oxygen atoms in total. The minimum atomic E-state index is -1.42. The number of carbonyl (C=O) groups excluding carboxylic acids is 8. The molecule has 1 aliphatic rings. The highest BCUT2D eigenvalue weighted by Crippen LogP contribution is 2.41. The van der Waals surface area contributed by atoms with Crippen LogP contribution in [-0.2, 0) is 46.5 Å². The quantitative estimate of drug-likeness (QED) is 0.0240. The predicted octanol–water partition coefficient (Wildman–Crippen LogP) is 11.4. The number of halogens is 1. The molecule has 90 heavy (non-hydrogen) atoms. The van der Waals surface area contributed by atoms with E-state index in [0.29, 0.717) is 59.1 Å². The number of rotatable bonds is 31. The first-order chi connectivity index (χ1) is 42.4. The summed E-state index contributed by atoms with van der Waals surface area (Å²) in [5, 5.41) is 20.1. The molecule has 1 aromatic heterocycles. The van der Waals surface area contributed by atoms with Gasteiger partial charge in [0.1, 0.15) is 47.8 Å². The Bertz CT molecular complexity index is 3120. The summed E-state index contributed by atoms with van der Waals surface area (Å²) in [4.78, 5) is 115. The molecule has 0 saturated heterocycles. The van der Waals surface area contributed by atoms with Crippen molar-refractivity contribution in [1.82, 2.24) is 41.1 Å². The maximum Gasteiger partial charge on any atom is 0.407 e. The Kier molecular flexibility index (Phi) is 28.0. The van der Waals surface area contributed by atoms with E-state index in [-0.39, 0.29) is 75.1 Å². The number of Topliss-reactive ketones (excluding diaryl/α,β-unsaturated/α-hetero) is 4. The monoisotopic (exact) mass is 1290 g/mol. The van der Waals surface area contributed by atoms with Gasteiger partial charge in [0.2, 0.25) is 23.4 Å². The normalized spacial score (nSPS) is 16.1. The lowest BCUT2D eigenvalue weighted by molar-refractivity contribution is -0.142. The summed E-state index contributed by atoms with van der Waals surface area (Å²) in [6.45, 7) is 25.3. The second-order valence-corrected chi connectivity index (χ2v) is 32.3. The van der Waals surface area contributed by atoms with Crippen LogP contribution in [0.1, 0.15) is 165 Å². The van der Waals surface area contributed by atoms with Gasteiger partial charge in [0.25, 0.3) is 0 Å². The van der Waals surface area contributed by atoms with Crippen LogP contribution in [0.5, 0.6) is 17.2 Å². The number of unbranched alkanes of at least 4 members (excludes halogenated alkanes) is 3. The molecule has 2 heterocycles. The van der Waals surface area contributed by atoms with Gasteiger partial charge in [-0.25, -0.2) is 9.59 Å². The van der Waals surface area contributed by atoms with Crippen molar-refractivity contribution in [2.24, 2.45) is 17.8 Å². The summed E-state index contributed by atoms with van der Waals surface area (Å²) in [6.07, 6.45) is 1.98. The van der Waals surface area contributed by atoms with E-state index in [1.807, 2.05) is 6.92 Å². The van der Waals surface area contributed by atoms with Gasteiger partial charge in [0, 0.05) is 82.0 Å². The molecule has 4 aromatic rings. The predicted molar refractivity (Wildman–Crippen MR) is 345 cm³/mol. The number of tetrazole rings is 1. The number of benzene rings is 3. The van der Waals surface area contributed by atoms with Gasteiger partial charge in [-0.15, -0.1) is 5.10 Å². The zero-order chi connectivity index (χ0) is 66.5. The zero-order valence-electron chi connectivity index (χ0n) is 55.1. The van der Waals surface area contributed by atoms with E-state index < -0.39 is 103 Å². The number of alkyl carbamates (subject to hydrolysis) is 2. The summed E-state index contributed by atoms with van der Waals surface area (Å²) in [5.41, 5.74) is 0.319. The highest BCUT2D eigenvalue weighted by Gasteiger charge is 2.38. The summed E-state index contributed by atoms with van der Waals surface area (Å²) in [5.74, 6) is -5.39. The first-order valence-corrected chi connectivity index (χ1v) is 35.4. The summed E-state index contributed by atoms with van der Waals surface area (Å²) in [6, 6.07) is 13.3. The third-order valence-electron chi connectivity index (χ3n) is 14.6. The lowest BCUT2D eigenvalue weighted by atomic mass is 9.87. The van der Waals surface area contributed by atoms with Crippen molar-refractivity contribution in [3.63, 3.8) is 0 Å². The number of hydrogen-bond acceptors (Lipinski definition) is 17. The van der Waals surface area contributed by atoms with Gasteiger partial charge in [-0.2, -0.15) is 4.68 Å². The third kappa shape index (κ3) is 23.5. The molecule has 5 atom stereocenters. The molecule has 1 aliphatic heterocycles.